The number of hydrogen-bond acceptors (Lipinski definition) is 8. The van der Waals surface area contributed by atoms with Gasteiger partial charge in [-0.15, -0.1) is 0 Å². The first-order valence-corrected chi connectivity index (χ1v) is 14.1. The van der Waals surface area contributed by atoms with Crippen molar-refractivity contribution in [1.82, 2.24) is 9.88 Å². The minimum absolute atomic E-state index is 0.0572. The van der Waals surface area contributed by atoms with Gasteiger partial charge in [-0.3, -0.25) is 14.4 Å². The average Bonchev–Trinajstić information content (AvgIpc) is 2.93. The number of carboxylic acid groups (broad SMARTS) is 2. The Morgan fingerprint density at radius 2 is 1.54 bits per heavy atom. The summed E-state index contributed by atoms with van der Waals surface area (Å²) in [4.78, 5) is 41.7. The van der Waals surface area contributed by atoms with Crippen LogP contribution in [-0.4, -0.2) is 84.3 Å². The summed E-state index contributed by atoms with van der Waals surface area (Å²) in [7, 11) is -3.88. The summed E-state index contributed by atoms with van der Waals surface area (Å²) in [5, 5.41) is 16.9. The van der Waals surface area contributed by atoms with Crippen LogP contribution < -0.4 is 15.4 Å². The predicted molar refractivity (Wildman–Crippen MR) is 141 cm³/mol. The molecule has 2 aliphatic heterocycles. The Kier molecular flexibility index (Phi) is 9.81. The van der Waals surface area contributed by atoms with Crippen LogP contribution >= 0.6 is 0 Å². The van der Waals surface area contributed by atoms with Crippen molar-refractivity contribution in [3.05, 3.63) is 48.2 Å². The van der Waals surface area contributed by atoms with Crippen LogP contribution in [0.1, 0.15) is 42.5 Å². The van der Waals surface area contributed by atoms with E-state index in [1.54, 1.807) is 18.2 Å². The number of nitrogens with one attached hydrogen (secondary N) is 1. The normalized spacial score (nSPS) is 17.6. The maximum absolute atomic E-state index is 12.6. The van der Waals surface area contributed by atoms with E-state index in [1.165, 1.54) is 24.4 Å². The lowest BCUT2D eigenvalue weighted by molar-refractivity contribution is -0.192. The molecule has 1 aromatic heterocycles. The van der Waals surface area contributed by atoms with Crippen molar-refractivity contribution in [2.45, 2.75) is 48.7 Å². The first-order chi connectivity index (χ1) is 19.2. The van der Waals surface area contributed by atoms with E-state index in [0.29, 0.717) is 25.9 Å². The van der Waals surface area contributed by atoms with E-state index in [0.717, 1.165) is 32.4 Å². The number of sulfonamides is 1. The smallest absolute Gasteiger partial charge is 0.478 e. The van der Waals surface area contributed by atoms with Crippen molar-refractivity contribution in [3.63, 3.8) is 0 Å². The van der Waals surface area contributed by atoms with E-state index in [4.69, 9.17) is 15.6 Å². The Morgan fingerprint density at radius 3 is 2.02 bits per heavy atom. The molecule has 0 saturated carbocycles. The van der Waals surface area contributed by atoms with E-state index in [2.05, 4.69) is 14.6 Å². The molecule has 0 atom stereocenters. The van der Waals surface area contributed by atoms with Crippen molar-refractivity contribution in [3.8, 4) is 0 Å². The van der Waals surface area contributed by atoms with E-state index >= 15 is 0 Å². The first-order valence-electron chi connectivity index (χ1n) is 12.6. The number of aromatic nitrogens is 1. The molecular weight excluding hydrogens is 571 g/mol. The molecule has 224 valence electrons. The van der Waals surface area contributed by atoms with Gasteiger partial charge < -0.3 is 20.8 Å². The number of carbonyl (C=O) groups excluding carboxylic acids is 1. The lowest BCUT2D eigenvalue weighted by atomic mass is 9.83. The molecule has 2 aliphatic rings. The van der Waals surface area contributed by atoms with E-state index < -0.39 is 33.7 Å². The predicted octanol–water partition coefficient (Wildman–Crippen LogP) is 2.52. The number of benzene rings is 1. The molecule has 4 rings (SSSR count). The Labute approximate surface area is 234 Å². The number of carboxylic acids is 2. The number of piperidine rings is 2. The van der Waals surface area contributed by atoms with Crippen LogP contribution in [0.2, 0.25) is 0 Å². The molecule has 0 radical (unpaired) electrons. The fourth-order valence-corrected chi connectivity index (χ4v) is 5.92. The number of nitrogens with two attached hydrogens (primary N) is 1. The Morgan fingerprint density at radius 1 is 0.976 bits per heavy atom. The zero-order valence-corrected chi connectivity index (χ0v) is 22.6. The van der Waals surface area contributed by atoms with Gasteiger partial charge in [0, 0.05) is 13.1 Å². The number of halogens is 3. The minimum Gasteiger partial charge on any atom is -0.478 e. The molecule has 16 heteroatoms. The van der Waals surface area contributed by atoms with Gasteiger partial charge in [0.1, 0.15) is 16.9 Å². The number of carbonyl (C=O) groups is 3. The molecule has 0 spiro atoms. The SMILES string of the molecule is NC(=O)C1(N2CCCCC2)CCN(c2ncc(NS(=O)(=O)c3ccccc3)cc2C(=O)O)CC1.O=C(O)C(F)(F)F. The molecule has 3 heterocycles. The van der Waals surface area contributed by atoms with Crippen molar-refractivity contribution in [2.24, 2.45) is 5.73 Å². The van der Waals surface area contributed by atoms with Gasteiger partial charge in [-0.2, -0.15) is 13.2 Å². The van der Waals surface area contributed by atoms with Gasteiger partial charge in [-0.05, 0) is 57.0 Å². The highest BCUT2D eigenvalue weighted by Crippen LogP contribution is 2.34. The number of anilines is 2. The van der Waals surface area contributed by atoms with Gasteiger partial charge in [0.15, 0.2) is 0 Å². The van der Waals surface area contributed by atoms with Crippen LogP contribution in [-0.2, 0) is 19.6 Å². The maximum Gasteiger partial charge on any atom is 0.490 e. The van der Waals surface area contributed by atoms with Crippen molar-refractivity contribution >= 4 is 39.4 Å². The lowest BCUT2D eigenvalue weighted by Gasteiger charge is -2.48. The minimum atomic E-state index is -5.08. The third-order valence-electron chi connectivity index (χ3n) is 6.96. The summed E-state index contributed by atoms with van der Waals surface area (Å²) in [6, 6.07) is 9.07. The number of aromatic carboxylic acids is 1. The van der Waals surface area contributed by atoms with Gasteiger partial charge in [0.05, 0.1) is 16.8 Å². The third-order valence-corrected chi connectivity index (χ3v) is 8.35. The second kappa shape index (κ2) is 12.7. The number of nitrogens with zero attached hydrogens (tertiary/aromatic N) is 3. The lowest BCUT2D eigenvalue weighted by Crippen LogP contribution is -2.63. The molecule has 1 aromatic carbocycles. The second-order valence-corrected chi connectivity index (χ2v) is 11.2. The number of rotatable bonds is 7. The Hall–Kier alpha value is -3.92. The van der Waals surface area contributed by atoms with Crippen LogP contribution in [0.25, 0.3) is 0 Å². The number of likely N-dealkylation sites (tertiary alicyclic amines) is 1. The highest BCUT2D eigenvalue weighted by Gasteiger charge is 2.45. The topological polar surface area (TPSA) is 183 Å². The number of aliphatic carboxylic acids is 1. The van der Waals surface area contributed by atoms with Crippen LogP contribution in [0.3, 0.4) is 0 Å². The molecule has 41 heavy (non-hydrogen) atoms. The highest BCUT2D eigenvalue weighted by atomic mass is 32.2. The Bertz CT molecular complexity index is 1360. The van der Waals surface area contributed by atoms with Gasteiger partial charge in [-0.25, -0.2) is 23.0 Å². The fraction of sp³-hybridized carbons (Fsp3) is 0.440. The van der Waals surface area contributed by atoms with E-state index in [-0.39, 0.29) is 27.9 Å². The molecule has 5 N–H and O–H groups in total. The second-order valence-electron chi connectivity index (χ2n) is 9.55. The summed E-state index contributed by atoms with van der Waals surface area (Å²) in [5.74, 6) is -4.07. The number of primary amides is 1. The van der Waals surface area contributed by atoms with Gasteiger partial charge in [0.25, 0.3) is 10.0 Å². The van der Waals surface area contributed by atoms with Crippen LogP contribution in [0, 0.1) is 0 Å². The molecule has 0 aliphatic carbocycles. The largest absolute Gasteiger partial charge is 0.490 e. The zero-order valence-electron chi connectivity index (χ0n) is 21.8. The third kappa shape index (κ3) is 7.64. The molecule has 0 unspecified atom stereocenters. The molecule has 2 saturated heterocycles. The molecule has 0 bridgehead atoms. The van der Waals surface area contributed by atoms with Crippen molar-refractivity contribution < 1.29 is 46.2 Å². The Balaban J connectivity index is 0.000000587. The van der Waals surface area contributed by atoms with E-state index in [1.807, 2.05) is 4.90 Å². The molecule has 2 fully saturated rings. The van der Waals surface area contributed by atoms with Gasteiger partial charge in [-0.1, -0.05) is 24.6 Å². The zero-order chi connectivity index (χ0) is 30.4. The van der Waals surface area contributed by atoms with Gasteiger partial charge >= 0.3 is 18.1 Å². The first kappa shape index (κ1) is 31.6. The van der Waals surface area contributed by atoms with Crippen LogP contribution in [0.15, 0.2) is 47.5 Å². The van der Waals surface area contributed by atoms with Crippen molar-refractivity contribution in [2.75, 3.05) is 35.8 Å². The number of alkyl halides is 3. The maximum atomic E-state index is 12.6. The molecule has 2 aromatic rings. The molecular formula is C25H30F3N5O7S. The average molecular weight is 602 g/mol. The number of pyridine rings is 1. The number of hydrogen-bond donors (Lipinski definition) is 4. The standard InChI is InChI=1S/C23H29N5O5S.C2HF3O2/c24-22(31)23(28-11-5-2-6-12-28)9-13-27(14-10-23)20-19(21(29)30)15-17(16-25-20)26-34(32,33)18-7-3-1-4-8-18;3-2(4,5)1(6)7/h1,3-4,7-8,15-16,26H,2,5-6,9-14H2,(H2,24,31)(H,29,30);(H,6,7). The highest BCUT2D eigenvalue weighted by molar-refractivity contribution is 7.92. The van der Waals surface area contributed by atoms with E-state index in [9.17, 15) is 36.3 Å². The van der Waals surface area contributed by atoms with Gasteiger partial charge in [0.2, 0.25) is 5.91 Å². The van der Waals surface area contributed by atoms with Crippen molar-refractivity contribution in [1.29, 1.82) is 0 Å². The molecule has 1 amide bonds. The summed E-state index contributed by atoms with van der Waals surface area (Å²) < 4.78 is 59.3. The quantitative estimate of drug-likeness (QED) is 0.368. The van der Waals surface area contributed by atoms with Crippen LogP contribution in [0.5, 0.6) is 0 Å². The fourth-order valence-electron chi connectivity index (χ4n) is 4.87. The number of amides is 1. The summed E-state index contributed by atoms with van der Waals surface area (Å²) in [6.45, 7) is 2.50. The summed E-state index contributed by atoms with van der Waals surface area (Å²) in [6.07, 6.45) is 0.386. The summed E-state index contributed by atoms with van der Waals surface area (Å²) in [5.41, 5.74) is 5.06. The molecule has 12 nitrogen and oxygen atoms in total. The monoisotopic (exact) mass is 601 g/mol. The van der Waals surface area contributed by atoms with Crippen LogP contribution in [0.4, 0.5) is 24.7 Å². The summed E-state index contributed by atoms with van der Waals surface area (Å²) >= 11 is 0.